The lowest BCUT2D eigenvalue weighted by molar-refractivity contribution is 0.425. The molecule has 4 heteroatoms. The van der Waals surface area contributed by atoms with E-state index in [0.29, 0.717) is 0 Å². The molecular formula is C9H19NO2S. The summed E-state index contributed by atoms with van der Waals surface area (Å²) < 4.78 is 26.0. The highest BCUT2D eigenvalue weighted by Crippen LogP contribution is 2.29. The van der Waals surface area contributed by atoms with E-state index in [1.807, 2.05) is 6.92 Å². The van der Waals surface area contributed by atoms with Crippen LogP contribution < -0.4 is 4.72 Å². The molecule has 1 N–H and O–H groups in total. The van der Waals surface area contributed by atoms with E-state index in [1.165, 1.54) is 0 Å². The number of rotatable bonds is 3. The van der Waals surface area contributed by atoms with E-state index in [0.717, 1.165) is 25.7 Å². The van der Waals surface area contributed by atoms with E-state index >= 15 is 0 Å². The van der Waals surface area contributed by atoms with E-state index in [9.17, 15) is 8.42 Å². The van der Waals surface area contributed by atoms with Gasteiger partial charge in [0.1, 0.15) is 0 Å². The second-order valence-electron chi connectivity index (χ2n) is 4.46. The van der Waals surface area contributed by atoms with Gasteiger partial charge in [-0.1, -0.05) is 12.8 Å². The molecule has 3 nitrogen and oxygen atoms in total. The van der Waals surface area contributed by atoms with Crippen molar-refractivity contribution in [1.29, 1.82) is 0 Å². The Labute approximate surface area is 81.0 Å². The Morgan fingerprint density at radius 1 is 1.23 bits per heavy atom. The van der Waals surface area contributed by atoms with Gasteiger partial charge < -0.3 is 0 Å². The molecule has 1 rings (SSSR count). The summed E-state index contributed by atoms with van der Waals surface area (Å²) in [6.07, 6.45) is 4.21. The van der Waals surface area contributed by atoms with Crippen LogP contribution in [0.3, 0.4) is 0 Å². The summed E-state index contributed by atoms with van der Waals surface area (Å²) in [7, 11) is -3.09. The Bertz CT molecular complexity index is 263. The Morgan fingerprint density at radius 2 is 1.69 bits per heavy atom. The van der Waals surface area contributed by atoms with Crippen LogP contribution in [-0.4, -0.2) is 19.2 Å². The van der Waals surface area contributed by atoms with Crippen molar-refractivity contribution in [3.63, 3.8) is 0 Å². The zero-order valence-corrected chi connectivity index (χ0v) is 9.45. The van der Waals surface area contributed by atoms with Crippen LogP contribution >= 0.6 is 0 Å². The smallest absolute Gasteiger partial charge is 0.212 e. The minimum absolute atomic E-state index is 0.177. The van der Waals surface area contributed by atoms with E-state index < -0.39 is 10.0 Å². The van der Waals surface area contributed by atoms with Crippen LogP contribution in [0, 0.1) is 0 Å². The third-order valence-electron chi connectivity index (χ3n) is 2.72. The van der Waals surface area contributed by atoms with Gasteiger partial charge in [0.15, 0.2) is 0 Å². The monoisotopic (exact) mass is 205 g/mol. The lowest BCUT2D eigenvalue weighted by atomic mass is 10.0. The Morgan fingerprint density at radius 3 is 2.08 bits per heavy atom. The van der Waals surface area contributed by atoms with Crippen molar-refractivity contribution in [3.05, 3.63) is 0 Å². The SMILES string of the molecule is CC(C)S(=O)(=O)NC1(C)CCCC1. The van der Waals surface area contributed by atoms with Gasteiger partial charge in [-0.2, -0.15) is 0 Å². The Kier molecular flexibility index (Phi) is 3.02. The van der Waals surface area contributed by atoms with Gasteiger partial charge in [0.05, 0.1) is 5.25 Å². The molecule has 0 bridgehead atoms. The third kappa shape index (κ3) is 2.68. The fraction of sp³-hybridized carbons (Fsp3) is 1.00. The minimum Gasteiger partial charge on any atom is -0.212 e. The standard InChI is InChI=1S/C9H19NO2S/c1-8(2)13(11,12)10-9(3)6-4-5-7-9/h8,10H,4-7H2,1-3H3. The number of hydrogen-bond donors (Lipinski definition) is 1. The van der Waals surface area contributed by atoms with Crippen molar-refractivity contribution in [3.8, 4) is 0 Å². The summed E-state index contributed by atoms with van der Waals surface area (Å²) in [6, 6.07) is 0. The molecule has 0 atom stereocenters. The third-order valence-corrected chi connectivity index (χ3v) is 4.73. The zero-order valence-electron chi connectivity index (χ0n) is 8.63. The Balaban J connectivity index is 2.67. The molecule has 0 radical (unpaired) electrons. The van der Waals surface area contributed by atoms with Crippen molar-refractivity contribution in [2.75, 3.05) is 0 Å². The molecule has 0 spiro atoms. The van der Waals surface area contributed by atoms with Gasteiger partial charge in [-0.05, 0) is 33.6 Å². The molecule has 1 fully saturated rings. The molecule has 13 heavy (non-hydrogen) atoms. The summed E-state index contributed by atoms with van der Waals surface area (Å²) in [6.45, 7) is 5.42. The van der Waals surface area contributed by atoms with Gasteiger partial charge in [0.2, 0.25) is 10.0 Å². The first-order valence-electron chi connectivity index (χ1n) is 4.88. The van der Waals surface area contributed by atoms with Crippen LogP contribution in [0.25, 0.3) is 0 Å². The highest BCUT2D eigenvalue weighted by molar-refractivity contribution is 7.90. The van der Waals surface area contributed by atoms with Gasteiger partial charge in [0.25, 0.3) is 0 Å². The average molecular weight is 205 g/mol. The normalized spacial score (nSPS) is 22.5. The first-order valence-corrected chi connectivity index (χ1v) is 6.43. The van der Waals surface area contributed by atoms with E-state index in [-0.39, 0.29) is 10.8 Å². The largest absolute Gasteiger partial charge is 0.214 e. The zero-order chi connectivity index (χ0) is 10.1. The molecule has 0 heterocycles. The molecule has 1 aliphatic carbocycles. The minimum atomic E-state index is -3.09. The molecule has 0 unspecified atom stereocenters. The first kappa shape index (κ1) is 11.0. The van der Waals surface area contributed by atoms with Crippen LogP contribution in [0.4, 0.5) is 0 Å². The predicted octanol–water partition coefficient (Wildman–Crippen LogP) is 1.65. The Hall–Kier alpha value is -0.0900. The van der Waals surface area contributed by atoms with Crippen LogP contribution in [-0.2, 0) is 10.0 Å². The lowest BCUT2D eigenvalue weighted by Crippen LogP contribution is -2.46. The second-order valence-corrected chi connectivity index (χ2v) is 6.70. The van der Waals surface area contributed by atoms with E-state index in [2.05, 4.69) is 4.72 Å². The van der Waals surface area contributed by atoms with Gasteiger partial charge >= 0.3 is 0 Å². The topological polar surface area (TPSA) is 46.2 Å². The molecule has 1 aliphatic rings. The average Bonchev–Trinajstić information content (AvgIpc) is 2.34. The number of nitrogens with one attached hydrogen (secondary N) is 1. The summed E-state index contributed by atoms with van der Waals surface area (Å²) in [5.74, 6) is 0. The predicted molar refractivity (Wildman–Crippen MR) is 54.1 cm³/mol. The van der Waals surface area contributed by atoms with E-state index in [4.69, 9.17) is 0 Å². The summed E-state index contributed by atoms with van der Waals surface area (Å²) in [5, 5.41) is -0.329. The quantitative estimate of drug-likeness (QED) is 0.761. The molecule has 0 aromatic rings. The summed E-state index contributed by atoms with van der Waals surface area (Å²) in [5.41, 5.74) is -0.177. The molecular weight excluding hydrogens is 186 g/mol. The molecule has 0 amide bonds. The van der Waals surface area contributed by atoms with Crippen molar-refractivity contribution in [2.45, 2.75) is 57.2 Å². The summed E-state index contributed by atoms with van der Waals surface area (Å²) in [4.78, 5) is 0. The number of hydrogen-bond acceptors (Lipinski definition) is 2. The lowest BCUT2D eigenvalue weighted by Gasteiger charge is -2.26. The maximum atomic E-state index is 11.6. The molecule has 0 aliphatic heterocycles. The summed E-state index contributed by atoms with van der Waals surface area (Å²) >= 11 is 0. The van der Waals surface area contributed by atoms with Crippen LogP contribution in [0.15, 0.2) is 0 Å². The molecule has 0 saturated heterocycles. The first-order chi connectivity index (χ1) is 5.86. The maximum absolute atomic E-state index is 11.6. The van der Waals surface area contributed by atoms with Crippen molar-refractivity contribution < 1.29 is 8.42 Å². The molecule has 0 aromatic carbocycles. The van der Waals surface area contributed by atoms with Crippen LogP contribution in [0.2, 0.25) is 0 Å². The van der Waals surface area contributed by atoms with Crippen molar-refractivity contribution >= 4 is 10.0 Å². The van der Waals surface area contributed by atoms with Gasteiger partial charge in [-0.15, -0.1) is 0 Å². The van der Waals surface area contributed by atoms with Crippen molar-refractivity contribution in [1.82, 2.24) is 4.72 Å². The fourth-order valence-corrected chi connectivity index (χ4v) is 2.85. The second kappa shape index (κ2) is 3.58. The molecule has 0 aromatic heterocycles. The molecule has 78 valence electrons. The van der Waals surface area contributed by atoms with Gasteiger partial charge in [-0.25, -0.2) is 13.1 Å². The number of sulfonamides is 1. The van der Waals surface area contributed by atoms with Crippen molar-refractivity contribution in [2.24, 2.45) is 0 Å². The van der Waals surface area contributed by atoms with E-state index in [1.54, 1.807) is 13.8 Å². The van der Waals surface area contributed by atoms with Crippen LogP contribution in [0.1, 0.15) is 46.5 Å². The highest BCUT2D eigenvalue weighted by atomic mass is 32.2. The fourth-order valence-electron chi connectivity index (χ4n) is 1.72. The maximum Gasteiger partial charge on any atom is 0.214 e. The van der Waals surface area contributed by atoms with Crippen LogP contribution in [0.5, 0.6) is 0 Å². The van der Waals surface area contributed by atoms with Gasteiger partial charge in [0, 0.05) is 5.54 Å². The highest BCUT2D eigenvalue weighted by Gasteiger charge is 2.33. The van der Waals surface area contributed by atoms with Gasteiger partial charge in [-0.3, -0.25) is 0 Å². The molecule has 1 saturated carbocycles.